The number of ether oxygens (including phenoxy) is 3. The number of nitrogens with one attached hydrogen (secondary N) is 1. The minimum absolute atomic E-state index is 0.242. The van der Waals surface area contributed by atoms with Crippen LogP contribution in [0, 0.1) is 0 Å². The summed E-state index contributed by atoms with van der Waals surface area (Å²) < 4.78 is 42.5. The van der Waals surface area contributed by atoms with E-state index in [2.05, 4.69) is 5.32 Å². The molecule has 9 heteroatoms. The average Bonchev–Trinajstić information content (AvgIpc) is 2.78. The van der Waals surface area contributed by atoms with Crippen molar-refractivity contribution in [1.82, 2.24) is 0 Å². The van der Waals surface area contributed by atoms with Crippen molar-refractivity contribution < 1.29 is 27.4 Å². The third-order valence-electron chi connectivity index (χ3n) is 4.47. The second-order valence-electron chi connectivity index (χ2n) is 6.77. The summed E-state index contributed by atoms with van der Waals surface area (Å²) in [6.07, 6.45) is 1.03. The van der Waals surface area contributed by atoms with Crippen molar-refractivity contribution in [2.45, 2.75) is 0 Å². The maximum absolute atomic E-state index is 12.8. The molecule has 3 aromatic rings. The molecule has 8 nitrogen and oxygen atoms in total. The van der Waals surface area contributed by atoms with Gasteiger partial charge in [-0.1, -0.05) is 30.3 Å². The van der Waals surface area contributed by atoms with Gasteiger partial charge in [0.2, 0.25) is 15.9 Å². The maximum Gasteiger partial charge on any atom is 0.245 e. The van der Waals surface area contributed by atoms with Gasteiger partial charge in [-0.2, -0.15) is 0 Å². The van der Waals surface area contributed by atoms with Crippen LogP contribution in [-0.2, 0) is 14.8 Å². The maximum atomic E-state index is 12.8. The number of carbonyl (C=O) groups excluding carboxylic acids is 1. The number of anilines is 2. The minimum atomic E-state index is -3.81. The molecule has 0 heterocycles. The molecule has 0 spiro atoms. The number of benzene rings is 3. The Morgan fingerprint density at radius 3 is 2.22 bits per heavy atom. The fourth-order valence-corrected chi connectivity index (χ4v) is 3.84. The number of methoxy groups -OCH3 is 2. The first-order chi connectivity index (χ1) is 15.3. The van der Waals surface area contributed by atoms with Gasteiger partial charge >= 0.3 is 0 Å². The summed E-state index contributed by atoms with van der Waals surface area (Å²) in [6, 6.07) is 20.5. The van der Waals surface area contributed by atoms with Crippen LogP contribution in [0.15, 0.2) is 72.8 Å². The van der Waals surface area contributed by atoms with Crippen LogP contribution in [0.25, 0.3) is 0 Å². The van der Waals surface area contributed by atoms with Crippen molar-refractivity contribution in [2.75, 3.05) is 36.6 Å². The van der Waals surface area contributed by atoms with Gasteiger partial charge < -0.3 is 19.5 Å². The van der Waals surface area contributed by atoms with E-state index in [0.717, 1.165) is 10.6 Å². The molecule has 0 bridgehead atoms. The molecular weight excluding hydrogens is 432 g/mol. The van der Waals surface area contributed by atoms with E-state index in [-0.39, 0.29) is 5.69 Å². The van der Waals surface area contributed by atoms with Gasteiger partial charge in [0, 0.05) is 6.07 Å². The van der Waals surface area contributed by atoms with Crippen LogP contribution in [0.1, 0.15) is 0 Å². The van der Waals surface area contributed by atoms with Gasteiger partial charge in [-0.15, -0.1) is 0 Å². The van der Waals surface area contributed by atoms with E-state index in [1.165, 1.54) is 14.2 Å². The Kier molecular flexibility index (Phi) is 7.21. The number of rotatable bonds is 9. The summed E-state index contributed by atoms with van der Waals surface area (Å²) in [5.41, 5.74) is 0.603. The lowest BCUT2D eigenvalue weighted by Crippen LogP contribution is -2.37. The van der Waals surface area contributed by atoms with Gasteiger partial charge in [-0.05, 0) is 36.4 Å². The lowest BCUT2D eigenvalue weighted by molar-refractivity contribution is -0.114. The molecule has 0 atom stereocenters. The molecule has 168 valence electrons. The molecule has 0 saturated carbocycles. The van der Waals surface area contributed by atoms with E-state index in [9.17, 15) is 13.2 Å². The SMILES string of the molecule is COc1ccc(OC)c(NC(=O)CN(c2ccccc2Oc2ccccc2)S(C)(=O)=O)c1. The number of hydrogen-bond donors (Lipinski definition) is 1. The number of amides is 1. The molecule has 0 unspecified atom stereocenters. The Labute approximate surface area is 187 Å². The third-order valence-corrected chi connectivity index (χ3v) is 5.60. The molecule has 0 fully saturated rings. The highest BCUT2D eigenvalue weighted by Crippen LogP contribution is 2.34. The van der Waals surface area contributed by atoms with Crippen LogP contribution in [0.4, 0.5) is 11.4 Å². The standard InChI is InChI=1S/C23H24N2O6S/c1-29-18-13-14-21(30-2)19(15-18)24-23(26)16-25(32(3,27)28)20-11-7-8-12-22(20)31-17-9-5-4-6-10-17/h4-15H,16H2,1-3H3,(H,24,26). The van der Waals surface area contributed by atoms with Crippen LogP contribution in [0.3, 0.4) is 0 Å². The average molecular weight is 457 g/mol. The first-order valence-corrected chi connectivity index (χ1v) is 11.5. The first-order valence-electron chi connectivity index (χ1n) is 9.63. The Morgan fingerprint density at radius 1 is 0.875 bits per heavy atom. The second-order valence-corrected chi connectivity index (χ2v) is 8.67. The molecule has 0 aliphatic heterocycles. The summed E-state index contributed by atoms with van der Waals surface area (Å²) in [5, 5.41) is 2.69. The van der Waals surface area contributed by atoms with E-state index in [0.29, 0.717) is 28.7 Å². The van der Waals surface area contributed by atoms with Gasteiger partial charge in [0.1, 0.15) is 23.8 Å². The Balaban J connectivity index is 1.89. The normalized spacial score (nSPS) is 10.8. The quantitative estimate of drug-likeness (QED) is 0.525. The van der Waals surface area contributed by atoms with Crippen LogP contribution >= 0.6 is 0 Å². The first kappa shape index (κ1) is 23.0. The van der Waals surface area contributed by atoms with Crippen molar-refractivity contribution >= 4 is 27.3 Å². The summed E-state index contributed by atoms with van der Waals surface area (Å²) in [6.45, 7) is -0.464. The molecule has 0 aliphatic carbocycles. The molecule has 3 aromatic carbocycles. The van der Waals surface area contributed by atoms with Crippen molar-refractivity contribution in [1.29, 1.82) is 0 Å². The molecule has 0 radical (unpaired) electrons. The predicted octanol–water partition coefficient (Wildman–Crippen LogP) is 3.90. The Hall–Kier alpha value is -3.72. The number of sulfonamides is 1. The number of para-hydroxylation sites is 3. The van der Waals surface area contributed by atoms with Crippen LogP contribution in [-0.4, -0.2) is 41.3 Å². The monoisotopic (exact) mass is 456 g/mol. The van der Waals surface area contributed by atoms with Crippen molar-refractivity contribution in [3.8, 4) is 23.0 Å². The third kappa shape index (κ3) is 5.70. The van der Waals surface area contributed by atoms with E-state index >= 15 is 0 Å². The number of hydrogen-bond acceptors (Lipinski definition) is 6. The van der Waals surface area contributed by atoms with Gasteiger partial charge in [-0.25, -0.2) is 8.42 Å². The van der Waals surface area contributed by atoms with Crippen LogP contribution in [0.2, 0.25) is 0 Å². The van der Waals surface area contributed by atoms with E-state index in [4.69, 9.17) is 14.2 Å². The fraction of sp³-hybridized carbons (Fsp3) is 0.174. The number of nitrogens with zero attached hydrogens (tertiary/aromatic N) is 1. The summed E-state index contributed by atoms with van der Waals surface area (Å²) in [4.78, 5) is 12.8. The van der Waals surface area contributed by atoms with Crippen LogP contribution in [0.5, 0.6) is 23.0 Å². The largest absolute Gasteiger partial charge is 0.497 e. The van der Waals surface area contributed by atoms with Crippen LogP contribution < -0.4 is 23.8 Å². The van der Waals surface area contributed by atoms with E-state index in [1.54, 1.807) is 66.7 Å². The zero-order chi connectivity index (χ0) is 23.1. The molecule has 1 amide bonds. The smallest absolute Gasteiger partial charge is 0.245 e. The zero-order valence-electron chi connectivity index (χ0n) is 17.9. The van der Waals surface area contributed by atoms with Gasteiger partial charge in [-0.3, -0.25) is 9.10 Å². The second kappa shape index (κ2) is 10.1. The molecule has 3 rings (SSSR count). The van der Waals surface area contributed by atoms with Gasteiger partial charge in [0.15, 0.2) is 5.75 Å². The summed E-state index contributed by atoms with van der Waals surface area (Å²) >= 11 is 0. The van der Waals surface area contributed by atoms with Gasteiger partial charge in [0.05, 0.1) is 31.9 Å². The molecule has 0 aliphatic rings. The highest BCUT2D eigenvalue weighted by Gasteiger charge is 2.25. The molecular formula is C23H24N2O6S. The van der Waals surface area contributed by atoms with E-state index in [1.807, 2.05) is 6.07 Å². The zero-order valence-corrected chi connectivity index (χ0v) is 18.8. The van der Waals surface area contributed by atoms with Gasteiger partial charge in [0.25, 0.3) is 0 Å². The lowest BCUT2D eigenvalue weighted by Gasteiger charge is -2.24. The fourth-order valence-electron chi connectivity index (χ4n) is 2.98. The molecule has 1 N–H and O–H groups in total. The van der Waals surface area contributed by atoms with Crippen molar-refractivity contribution in [2.24, 2.45) is 0 Å². The Morgan fingerprint density at radius 2 is 1.56 bits per heavy atom. The number of carbonyl (C=O) groups is 1. The van der Waals surface area contributed by atoms with E-state index < -0.39 is 22.5 Å². The Bertz CT molecular complexity index is 1180. The summed E-state index contributed by atoms with van der Waals surface area (Å²) in [7, 11) is -0.840. The van der Waals surface area contributed by atoms with Crippen molar-refractivity contribution in [3.63, 3.8) is 0 Å². The minimum Gasteiger partial charge on any atom is -0.497 e. The topological polar surface area (TPSA) is 94.2 Å². The summed E-state index contributed by atoms with van der Waals surface area (Å²) in [5.74, 6) is 1.21. The molecule has 0 saturated heterocycles. The van der Waals surface area contributed by atoms with Crippen molar-refractivity contribution in [3.05, 3.63) is 72.8 Å². The highest BCUT2D eigenvalue weighted by atomic mass is 32.2. The molecule has 0 aromatic heterocycles. The highest BCUT2D eigenvalue weighted by molar-refractivity contribution is 7.92. The molecule has 32 heavy (non-hydrogen) atoms. The predicted molar refractivity (Wildman–Crippen MR) is 123 cm³/mol. The lowest BCUT2D eigenvalue weighted by atomic mass is 10.2.